The molecule has 0 atom stereocenters. The van der Waals surface area contributed by atoms with Crippen molar-refractivity contribution in [3.8, 4) is 0 Å². The van der Waals surface area contributed by atoms with Gasteiger partial charge in [0.15, 0.2) is 0 Å². The summed E-state index contributed by atoms with van der Waals surface area (Å²) in [4.78, 5) is 11.6. The van der Waals surface area contributed by atoms with Crippen LogP contribution in [0.4, 0.5) is 4.39 Å². The van der Waals surface area contributed by atoms with E-state index in [1.54, 1.807) is 0 Å². The molecule has 1 amide bonds. The number of nitrogens with one attached hydrogen (secondary N) is 1. The molecular formula is C12H15FINO. The predicted molar refractivity (Wildman–Crippen MR) is 71.5 cm³/mol. The molecule has 0 radical (unpaired) electrons. The fourth-order valence-corrected chi connectivity index (χ4v) is 1.84. The smallest absolute Gasteiger partial charge is 0.251 e. The third-order valence-corrected chi connectivity index (χ3v) is 2.97. The minimum Gasteiger partial charge on any atom is -0.352 e. The van der Waals surface area contributed by atoms with E-state index < -0.39 is 0 Å². The normalized spacial score (nSPS) is 10.1. The Morgan fingerprint density at radius 2 is 1.88 bits per heavy atom. The number of carbonyl (C=O) groups is 1. The van der Waals surface area contributed by atoms with E-state index in [-0.39, 0.29) is 11.7 Å². The van der Waals surface area contributed by atoms with Crippen LogP contribution in [0.25, 0.3) is 0 Å². The summed E-state index contributed by atoms with van der Waals surface area (Å²) in [6.45, 7) is 0.687. The Labute approximate surface area is 109 Å². The van der Waals surface area contributed by atoms with Crippen LogP contribution < -0.4 is 5.32 Å². The summed E-state index contributed by atoms with van der Waals surface area (Å²) in [5.74, 6) is -0.451. The SMILES string of the molecule is O=C(NCCCCCI)c1ccc(F)cc1. The summed E-state index contributed by atoms with van der Waals surface area (Å²) in [7, 11) is 0. The van der Waals surface area contributed by atoms with Gasteiger partial charge in [0, 0.05) is 12.1 Å². The highest BCUT2D eigenvalue weighted by atomic mass is 127. The third-order valence-electron chi connectivity index (χ3n) is 2.20. The Hall–Kier alpha value is -0.650. The van der Waals surface area contributed by atoms with Crippen LogP contribution in [0.5, 0.6) is 0 Å². The standard InChI is InChI=1S/C12H15FINO/c13-11-6-4-10(5-7-11)12(16)15-9-3-1-2-8-14/h4-7H,1-3,8-9H2,(H,15,16). The zero-order chi connectivity index (χ0) is 11.8. The molecule has 0 aromatic heterocycles. The van der Waals surface area contributed by atoms with Crippen LogP contribution in [0.2, 0.25) is 0 Å². The van der Waals surface area contributed by atoms with Crippen molar-refractivity contribution in [1.29, 1.82) is 0 Å². The minimum atomic E-state index is -0.321. The average molecular weight is 335 g/mol. The molecule has 0 heterocycles. The molecule has 0 saturated carbocycles. The minimum absolute atomic E-state index is 0.130. The van der Waals surface area contributed by atoms with Gasteiger partial charge in [-0.3, -0.25) is 4.79 Å². The first-order valence-corrected chi connectivity index (χ1v) is 6.86. The largest absolute Gasteiger partial charge is 0.352 e. The molecule has 0 aliphatic heterocycles. The van der Waals surface area contributed by atoms with Crippen LogP contribution in [0.1, 0.15) is 29.6 Å². The molecule has 0 spiro atoms. The van der Waals surface area contributed by atoms with Gasteiger partial charge >= 0.3 is 0 Å². The molecule has 88 valence electrons. The molecule has 0 bridgehead atoms. The van der Waals surface area contributed by atoms with Gasteiger partial charge in [0.25, 0.3) is 5.91 Å². The van der Waals surface area contributed by atoms with E-state index in [1.807, 2.05) is 0 Å². The number of unbranched alkanes of at least 4 members (excludes halogenated alkanes) is 2. The molecular weight excluding hydrogens is 320 g/mol. The van der Waals surface area contributed by atoms with Gasteiger partial charge in [0.1, 0.15) is 5.82 Å². The molecule has 0 unspecified atom stereocenters. The Kier molecular flexibility index (Phi) is 6.37. The second-order valence-electron chi connectivity index (χ2n) is 3.51. The average Bonchev–Trinajstić information content (AvgIpc) is 2.29. The Balaban J connectivity index is 2.27. The molecule has 0 aliphatic rings. The summed E-state index contributed by atoms with van der Waals surface area (Å²) in [6.07, 6.45) is 3.32. The number of halogens is 2. The van der Waals surface area contributed by atoms with E-state index in [1.165, 1.54) is 30.7 Å². The number of rotatable bonds is 6. The van der Waals surface area contributed by atoms with Crippen molar-refractivity contribution in [2.24, 2.45) is 0 Å². The summed E-state index contributed by atoms with van der Waals surface area (Å²) >= 11 is 2.34. The van der Waals surface area contributed by atoms with Crippen LogP contribution in [-0.2, 0) is 0 Å². The molecule has 1 N–H and O–H groups in total. The van der Waals surface area contributed by atoms with Gasteiger partial charge in [-0.25, -0.2) is 4.39 Å². The highest BCUT2D eigenvalue weighted by Crippen LogP contribution is 2.03. The van der Waals surface area contributed by atoms with Gasteiger partial charge in [-0.1, -0.05) is 29.0 Å². The molecule has 1 aromatic rings. The van der Waals surface area contributed by atoms with E-state index in [0.29, 0.717) is 12.1 Å². The van der Waals surface area contributed by atoms with Crippen LogP contribution in [0.3, 0.4) is 0 Å². The topological polar surface area (TPSA) is 29.1 Å². The van der Waals surface area contributed by atoms with Crippen molar-refractivity contribution in [1.82, 2.24) is 5.32 Å². The molecule has 16 heavy (non-hydrogen) atoms. The monoisotopic (exact) mass is 335 g/mol. The van der Waals surface area contributed by atoms with Gasteiger partial charge in [0.2, 0.25) is 0 Å². The predicted octanol–water partition coefficient (Wildman–Crippen LogP) is 3.16. The molecule has 2 nitrogen and oxygen atoms in total. The molecule has 0 aliphatic carbocycles. The van der Waals surface area contributed by atoms with Gasteiger partial charge in [0.05, 0.1) is 0 Å². The summed E-state index contributed by atoms with van der Waals surface area (Å²) in [5, 5.41) is 2.81. The van der Waals surface area contributed by atoms with Crippen molar-refractivity contribution in [3.63, 3.8) is 0 Å². The van der Waals surface area contributed by atoms with E-state index in [9.17, 15) is 9.18 Å². The van der Waals surface area contributed by atoms with Crippen LogP contribution >= 0.6 is 22.6 Å². The molecule has 1 aromatic carbocycles. The van der Waals surface area contributed by atoms with Crippen molar-refractivity contribution < 1.29 is 9.18 Å². The maximum Gasteiger partial charge on any atom is 0.251 e. The summed E-state index contributed by atoms with van der Waals surface area (Å²) < 4.78 is 13.8. The third kappa shape index (κ3) is 4.92. The highest BCUT2D eigenvalue weighted by molar-refractivity contribution is 14.1. The first kappa shape index (κ1) is 13.4. The lowest BCUT2D eigenvalue weighted by Gasteiger charge is -2.04. The number of hydrogen-bond donors (Lipinski definition) is 1. The second-order valence-corrected chi connectivity index (χ2v) is 4.59. The zero-order valence-electron chi connectivity index (χ0n) is 9.01. The van der Waals surface area contributed by atoms with E-state index in [0.717, 1.165) is 17.3 Å². The Morgan fingerprint density at radius 1 is 1.19 bits per heavy atom. The van der Waals surface area contributed by atoms with Crippen LogP contribution in [0.15, 0.2) is 24.3 Å². The van der Waals surface area contributed by atoms with Gasteiger partial charge in [-0.05, 0) is 41.5 Å². The van der Waals surface area contributed by atoms with E-state index in [4.69, 9.17) is 0 Å². The number of amides is 1. The van der Waals surface area contributed by atoms with E-state index >= 15 is 0 Å². The van der Waals surface area contributed by atoms with Crippen LogP contribution in [0, 0.1) is 5.82 Å². The number of carbonyl (C=O) groups excluding carboxylic acids is 1. The van der Waals surface area contributed by atoms with E-state index in [2.05, 4.69) is 27.9 Å². The highest BCUT2D eigenvalue weighted by Gasteiger charge is 2.03. The Bertz CT molecular complexity index is 326. The zero-order valence-corrected chi connectivity index (χ0v) is 11.2. The van der Waals surface area contributed by atoms with Gasteiger partial charge < -0.3 is 5.32 Å². The second kappa shape index (κ2) is 7.60. The molecule has 4 heteroatoms. The molecule has 0 saturated heterocycles. The number of alkyl halides is 1. The van der Waals surface area contributed by atoms with Crippen molar-refractivity contribution in [2.45, 2.75) is 19.3 Å². The molecule has 0 fully saturated rings. The quantitative estimate of drug-likeness (QED) is 0.483. The van der Waals surface area contributed by atoms with Crippen LogP contribution in [-0.4, -0.2) is 16.9 Å². The molecule has 1 rings (SSSR count). The Morgan fingerprint density at radius 3 is 2.50 bits per heavy atom. The number of benzene rings is 1. The maximum absolute atomic E-state index is 12.6. The summed E-state index contributed by atoms with van der Waals surface area (Å²) in [6, 6.07) is 5.58. The fraction of sp³-hybridized carbons (Fsp3) is 0.417. The lowest BCUT2D eigenvalue weighted by atomic mass is 10.2. The van der Waals surface area contributed by atoms with Crippen molar-refractivity contribution in [2.75, 3.05) is 11.0 Å². The summed E-state index contributed by atoms with van der Waals surface area (Å²) in [5.41, 5.74) is 0.510. The maximum atomic E-state index is 12.6. The lowest BCUT2D eigenvalue weighted by molar-refractivity contribution is 0.0953. The lowest BCUT2D eigenvalue weighted by Crippen LogP contribution is -2.24. The van der Waals surface area contributed by atoms with Gasteiger partial charge in [-0.2, -0.15) is 0 Å². The van der Waals surface area contributed by atoms with Gasteiger partial charge in [-0.15, -0.1) is 0 Å². The fourth-order valence-electron chi connectivity index (χ4n) is 1.30. The van der Waals surface area contributed by atoms with Crippen molar-refractivity contribution in [3.05, 3.63) is 35.6 Å². The number of hydrogen-bond acceptors (Lipinski definition) is 1. The first-order chi connectivity index (χ1) is 7.74. The first-order valence-electron chi connectivity index (χ1n) is 5.34. The van der Waals surface area contributed by atoms with Crippen molar-refractivity contribution >= 4 is 28.5 Å².